The quantitative estimate of drug-likeness (QED) is 0.293. The molecule has 12 heteroatoms. The van der Waals surface area contributed by atoms with Crippen molar-refractivity contribution in [3.05, 3.63) is 90.6 Å². The van der Waals surface area contributed by atoms with Crippen LogP contribution in [0.25, 0.3) is 16.6 Å². The van der Waals surface area contributed by atoms with Gasteiger partial charge in [0.2, 0.25) is 0 Å². The average molecular weight is 564 g/mol. The molecule has 0 unspecified atom stereocenters. The Kier molecular flexibility index (Phi) is 6.56. The summed E-state index contributed by atoms with van der Waals surface area (Å²) in [6.07, 6.45) is 1.41. The van der Waals surface area contributed by atoms with Crippen LogP contribution < -0.4 is 32.6 Å². The number of fused-ring (bicyclic) bond motifs is 1. The second-order valence-electron chi connectivity index (χ2n) is 10.5. The summed E-state index contributed by atoms with van der Waals surface area (Å²) in [7, 11) is 1.53. The molecule has 2 aromatic carbocycles. The molecule has 1 aliphatic heterocycles. The summed E-state index contributed by atoms with van der Waals surface area (Å²) in [4.78, 5) is 41.4. The zero-order valence-corrected chi connectivity index (χ0v) is 23.2. The van der Waals surface area contributed by atoms with Crippen molar-refractivity contribution in [2.45, 2.75) is 38.8 Å². The van der Waals surface area contributed by atoms with Crippen LogP contribution in [0.5, 0.6) is 0 Å². The van der Waals surface area contributed by atoms with Crippen LogP contribution in [0.1, 0.15) is 30.0 Å². The number of aryl methyl sites for hydroxylation is 2. The molecule has 3 heterocycles. The number of nitrogens with zero attached hydrogens (tertiary/aromatic N) is 4. The molecular formula is C28H30FN7O3S. The van der Waals surface area contributed by atoms with Gasteiger partial charge < -0.3 is 15.8 Å². The number of hydrogen-bond donors (Lipinski definition) is 3. The molecule has 0 atom stereocenters. The summed E-state index contributed by atoms with van der Waals surface area (Å²) < 4.78 is 24.3. The van der Waals surface area contributed by atoms with Crippen molar-refractivity contribution in [1.82, 2.24) is 18.0 Å². The monoisotopic (exact) mass is 563 g/mol. The highest BCUT2D eigenvalue weighted by Crippen LogP contribution is 2.34. The Bertz CT molecular complexity index is 1840. The van der Waals surface area contributed by atoms with Gasteiger partial charge in [-0.1, -0.05) is 12.1 Å². The minimum Gasteiger partial charge on any atom is -0.338 e. The number of nitrogens with one attached hydrogen (secondary N) is 2. The van der Waals surface area contributed by atoms with Gasteiger partial charge in [0, 0.05) is 55.6 Å². The molecule has 1 saturated carbocycles. The highest BCUT2D eigenvalue weighted by molar-refractivity contribution is 7.98. The van der Waals surface area contributed by atoms with Gasteiger partial charge in [-0.05, 0) is 62.6 Å². The summed E-state index contributed by atoms with van der Waals surface area (Å²) in [5, 5.41) is 3.14. The van der Waals surface area contributed by atoms with E-state index in [1.165, 1.54) is 38.9 Å². The highest BCUT2D eigenvalue weighted by Gasteiger charge is 2.32. The molecule has 0 radical (unpaired) electrons. The van der Waals surface area contributed by atoms with Gasteiger partial charge in [-0.3, -0.25) is 23.3 Å². The van der Waals surface area contributed by atoms with E-state index >= 15 is 0 Å². The van der Waals surface area contributed by atoms with Crippen LogP contribution in [-0.2, 0) is 7.05 Å². The Balaban J connectivity index is 1.58. The van der Waals surface area contributed by atoms with E-state index in [1.807, 2.05) is 12.1 Å². The van der Waals surface area contributed by atoms with Crippen molar-refractivity contribution in [1.29, 1.82) is 0 Å². The Hall–Kier alpha value is -3.87. The lowest BCUT2D eigenvalue weighted by atomic mass is 10.1. The third kappa shape index (κ3) is 4.51. The topological polar surface area (TPSA) is 119 Å². The van der Waals surface area contributed by atoms with Crippen LogP contribution in [0.15, 0.2) is 56.8 Å². The fourth-order valence-corrected chi connectivity index (χ4v) is 5.97. The van der Waals surface area contributed by atoms with Gasteiger partial charge in [-0.25, -0.2) is 13.5 Å². The van der Waals surface area contributed by atoms with E-state index in [4.69, 9.17) is 5.73 Å². The van der Waals surface area contributed by atoms with Gasteiger partial charge in [-0.2, -0.15) is 0 Å². The molecule has 4 aromatic rings. The summed E-state index contributed by atoms with van der Waals surface area (Å²) in [6, 6.07) is 11.9. The van der Waals surface area contributed by atoms with E-state index in [1.54, 1.807) is 38.1 Å². The number of anilines is 3. The van der Waals surface area contributed by atoms with Crippen LogP contribution in [0.3, 0.4) is 0 Å². The average Bonchev–Trinajstić information content (AvgIpc) is 3.74. The van der Waals surface area contributed by atoms with E-state index in [0.29, 0.717) is 18.5 Å². The van der Waals surface area contributed by atoms with Crippen molar-refractivity contribution < 1.29 is 4.39 Å². The van der Waals surface area contributed by atoms with Crippen LogP contribution in [0.2, 0.25) is 0 Å². The first-order valence-corrected chi connectivity index (χ1v) is 13.9. The predicted octanol–water partition coefficient (Wildman–Crippen LogP) is 3.30. The smallest absolute Gasteiger partial charge is 0.336 e. The summed E-state index contributed by atoms with van der Waals surface area (Å²) in [5.41, 5.74) is 6.99. The van der Waals surface area contributed by atoms with Crippen molar-refractivity contribution in [3.63, 3.8) is 0 Å². The third-order valence-electron chi connectivity index (χ3n) is 7.41. The SMILES string of the molecule is Cc1ccc(Nc2c3c(=O)n(C4CC4)c(=O)n(-c4cccc(NSN5CC(N)C5)c4)c3c(C)c(=O)n2C)c(F)c1. The van der Waals surface area contributed by atoms with E-state index < -0.39 is 22.6 Å². The number of aromatic nitrogens is 3. The fraction of sp³-hybridized carbons (Fsp3) is 0.321. The van der Waals surface area contributed by atoms with E-state index in [9.17, 15) is 18.8 Å². The first kappa shape index (κ1) is 26.4. The Morgan fingerprint density at radius 3 is 2.45 bits per heavy atom. The molecule has 4 N–H and O–H groups in total. The molecule has 10 nitrogen and oxygen atoms in total. The predicted molar refractivity (Wildman–Crippen MR) is 157 cm³/mol. The van der Waals surface area contributed by atoms with Gasteiger partial charge in [0.25, 0.3) is 11.1 Å². The molecule has 2 aliphatic rings. The molecule has 0 bridgehead atoms. The van der Waals surface area contributed by atoms with Crippen LogP contribution in [0, 0.1) is 19.7 Å². The first-order valence-electron chi connectivity index (χ1n) is 13.1. The second kappa shape index (κ2) is 9.95. The van der Waals surface area contributed by atoms with Crippen molar-refractivity contribution in [3.8, 4) is 5.69 Å². The lowest BCUT2D eigenvalue weighted by Gasteiger charge is -2.35. The normalized spacial score (nSPS) is 15.8. The summed E-state index contributed by atoms with van der Waals surface area (Å²) in [5.74, 6) is -0.392. The molecule has 1 saturated heterocycles. The third-order valence-corrected chi connectivity index (χ3v) is 8.29. The molecule has 1 aliphatic carbocycles. The zero-order chi connectivity index (χ0) is 28.3. The van der Waals surface area contributed by atoms with E-state index in [0.717, 1.165) is 24.3 Å². The summed E-state index contributed by atoms with van der Waals surface area (Å²) in [6.45, 7) is 4.92. The first-order chi connectivity index (χ1) is 19.1. The van der Waals surface area contributed by atoms with Gasteiger partial charge in [-0.15, -0.1) is 0 Å². The highest BCUT2D eigenvalue weighted by atomic mass is 32.2. The minimum absolute atomic E-state index is 0.120. The molecule has 40 heavy (non-hydrogen) atoms. The van der Waals surface area contributed by atoms with Gasteiger partial charge >= 0.3 is 5.69 Å². The maximum atomic E-state index is 14.9. The minimum atomic E-state index is -0.517. The Morgan fingerprint density at radius 2 is 1.77 bits per heavy atom. The number of pyridine rings is 1. The van der Waals surface area contributed by atoms with Gasteiger partial charge in [0.1, 0.15) is 17.0 Å². The second-order valence-corrected chi connectivity index (χ2v) is 11.4. The van der Waals surface area contributed by atoms with Crippen molar-refractivity contribution in [2.24, 2.45) is 12.8 Å². The molecular weight excluding hydrogens is 533 g/mol. The van der Waals surface area contributed by atoms with Crippen molar-refractivity contribution >= 4 is 40.2 Å². The van der Waals surface area contributed by atoms with Crippen molar-refractivity contribution in [2.75, 3.05) is 23.1 Å². The van der Waals surface area contributed by atoms with Crippen LogP contribution in [-0.4, -0.2) is 37.1 Å². The van der Waals surface area contributed by atoms with Gasteiger partial charge in [0.05, 0.1) is 16.9 Å². The Morgan fingerprint density at radius 1 is 1.02 bits per heavy atom. The van der Waals surface area contributed by atoms with E-state index in [-0.39, 0.29) is 40.1 Å². The zero-order valence-electron chi connectivity index (χ0n) is 22.4. The lowest BCUT2D eigenvalue weighted by molar-refractivity contribution is 0.293. The molecule has 2 aromatic heterocycles. The number of benzene rings is 2. The molecule has 208 valence electrons. The molecule has 0 spiro atoms. The summed E-state index contributed by atoms with van der Waals surface area (Å²) >= 11 is 1.43. The molecule has 2 fully saturated rings. The Labute approximate surface area is 233 Å². The molecule has 0 amide bonds. The lowest BCUT2D eigenvalue weighted by Crippen LogP contribution is -2.52. The maximum absolute atomic E-state index is 14.9. The van der Waals surface area contributed by atoms with Crippen LogP contribution >= 0.6 is 12.1 Å². The molecule has 6 rings (SSSR count). The van der Waals surface area contributed by atoms with Crippen LogP contribution in [0.4, 0.5) is 21.6 Å². The number of halogens is 1. The van der Waals surface area contributed by atoms with Gasteiger partial charge in [0.15, 0.2) is 0 Å². The number of rotatable bonds is 7. The number of nitrogens with two attached hydrogens (primary N) is 1. The standard InChI is InChI=1S/C28H30FN7O3S/c1-15-7-10-22(21(29)11-15)31-25-23-24(16(2)26(37)33(25)3)35(28(39)36(27(23)38)19-8-9-19)20-6-4-5-18(12-20)32-40-34-13-17(30)14-34/h4-7,10-12,17,19,31-32H,8-9,13-14,30H2,1-3H3. The van der Waals surface area contributed by atoms with E-state index in [2.05, 4.69) is 14.3 Å². The number of hydrogen-bond acceptors (Lipinski definition) is 8. The largest absolute Gasteiger partial charge is 0.338 e. The maximum Gasteiger partial charge on any atom is 0.336 e. The fourth-order valence-electron chi connectivity index (χ4n) is 5.07.